The van der Waals surface area contributed by atoms with Crippen LogP contribution in [0, 0.1) is 0 Å². The third-order valence-corrected chi connectivity index (χ3v) is 4.71. The van der Waals surface area contributed by atoms with E-state index in [2.05, 4.69) is 40.7 Å². The van der Waals surface area contributed by atoms with Crippen molar-refractivity contribution in [3.05, 3.63) is 65.5 Å². The molecule has 1 aromatic carbocycles. The quantitative estimate of drug-likeness (QED) is 0.740. The lowest BCUT2D eigenvalue weighted by atomic mass is 9.95. The van der Waals surface area contributed by atoms with Gasteiger partial charge in [-0.2, -0.15) is 0 Å². The molecule has 0 bridgehead atoms. The number of anilines is 1. The van der Waals surface area contributed by atoms with Crippen LogP contribution in [0.25, 0.3) is 11.3 Å². The Morgan fingerprint density at radius 1 is 1.11 bits per heavy atom. The second-order valence-electron chi connectivity index (χ2n) is 7.99. The summed E-state index contributed by atoms with van der Waals surface area (Å²) in [6.07, 6.45) is 3.26. The zero-order valence-electron chi connectivity index (χ0n) is 16.2. The Morgan fingerprint density at radius 2 is 1.93 bits per heavy atom. The molecule has 0 saturated carbocycles. The lowest BCUT2D eigenvalue weighted by Crippen LogP contribution is -2.25. The van der Waals surface area contributed by atoms with E-state index in [1.54, 1.807) is 11.0 Å². The van der Waals surface area contributed by atoms with E-state index >= 15 is 0 Å². The van der Waals surface area contributed by atoms with E-state index in [-0.39, 0.29) is 11.3 Å². The van der Waals surface area contributed by atoms with E-state index in [0.717, 1.165) is 22.6 Å². The summed E-state index contributed by atoms with van der Waals surface area (Å²) < 4.78 is 0. The number of aromatic nitrogens is 4. The smallest absolute Gasteiger partial charge is 0.254 e. The summed E-state index contributed by atoms with van der Waals surface area (Å²) in [7, 11) is 0. The highest BCUT2D eigenvalue weighted by atomic mass is 16.2. The Morgan fingerprint density at radius 3 is 2.68 bits per heavy atom. The van der Waals surface area contributed by atoms with Gasteiger partial charge in [0.05, 0.1) is 17.9 Å². The summed E-state index contributed by atoms with van der Waals surface area (Å²) in [4.78, 5) is 32.2. The van der Waals surface area contributed by atoms with Crippen LogP contribution in [0.2, 0.25) is 0 Å². The molecule has 0 unspecified atom stereocenters. The highest BCUT2D eigenvalue weighted by Crippen LogP contribution is 2.27. The molecule has 0 radical (unpaired) electrons. The predicted octanol–water partition coefficient (Wildman–Crippen LogP) is 2.97. The summed E-state index contributed by atoms with van der Waals surface area (Å²) in [6.45, 7) is 7.25. The Labute approximate surface area is 163 Å². The van der Waals surface area contributed by atoms with Crippen LogP contribution >= 0.6 is 0 Å². The van der Waals surface area contributed by atoms with Crippen LogP contribution in [0.5, 0.6) is 0 Å². The average molecular weight is 374 g/mol. The second kappa shape index (κ2) is 6.67. The Balaban J connectivity index is 1.58. The van der Waals surface area contributed by atoms with Crippen LogP contribution in [-0.2, 0) is 18.5 Å². The van der Waals surface area contributed by atoms with Gasteiger partial charge in [0.2, 0.25) is 0 Å². The molecule has 3 aromatic rings. The highest BCUT2D eigenvalue weighted by Gasteiger charge is 2.28. The van der Waals surface area contributed by atoms with Crippen LogP contribution in [-0.4, -0.2) is 30.7 Å². The summed E-state index contributed by atoms with van der Waals surface area (Å²) in [5.74, 6) is 1.15. The van der Waals surface area contributed by atoms with Crippen LogP contribution < -0.4 is 5.73 Å². The maximum atomic E-state index is 13.1. The first-order valence-electron chi connectivity index (χ1n) is 9.14. The first kappa shape index (κ1) is 18.0. The predicted molar refractivity (Wildman–Crippen MR) is 106 cm³/mol. The molecule has 4 rings (SSSR count). The SMILES string of the molecule is CC(C)(C)c1ncc2c(n1)CN(C(=O)c1cccc(-c3cc(N)ncn3)c1)C2. The molecule has 7 nitrogen and oxygen atoms in total. The number of hydrogen-bond donors (Lipinski definition) is 1. The van der Waals surface area contributed by atoms with Gasteiger partial charge in [-0.15, -0.1) is 0 Å². The van der Waals surface area contributed by atoms with Crippen molar-refractivity contribution in [1.29, 1.82) is 0 Å². The van der Waals surface area contributed by atoms with Gasteiger partial charge in [0.15, 0.2) is 0 Å². The van der Waals surface area contributed by atoms with Crippen LogP contribution in [0.3, 0.4) is 0 Å². The third kappa shape index (κ3) is 3.43. The number of nitrogens with two attached hydrogens (primary N) is 1. The molecule has 1 aliphatic rings. The molecule has 142 valence electrons. The number of carbonyl (C=O) groups excluding carboxylic acids is 1. The van der Waals surface area contributed by atoms with Crippen molar-refractivity contribution in [2.45, 2.75) is 39.3 Å². The van der Waals surface area contributed by atoms with Gasteiger partial charge in [0.25, 0.3) is 5.91 Å². The molecule has 1 aliphatic heterocycles. The summed E-state index contributed by atoms with van der Waals surface area (Å²) in [5, 5.41) is 0. The molecule has 0 saturated heterocycles. The van der Waals surface area contributed by atoms with E-state index < -0.39 is 0 Å². The third-order valence-electron chi connectivity index (χ3n) is 4.71. The van der Waals surface area contributed by atoms with Crippen molar-refractivity contribution in [3.8, 4) is 11.3 Å². The number of carbonyl (C=O) groups is 1. The van der Waals surface area contributed by atoms with E-state index in [9.17, 15) is 4.79 Å². The zero-order chi connectivity index (χ0) is 19.9. The van der Waals surface area contributed by atoms with E-state index in [0.29, 0.717) is 30.2 Å². The fourth-order valence-electron chi connectivity index (χ4n) is 3.18. The fourth-order valence-corrected chi connectivity index (χ4v) is 3.18. The molecule has 2 aromatic heterocycles. The first-order valence-corrected chi connectivity index (χ1v) is 9.14. The van der Waals surface area contributed by atoms with Crippen molar-refractivity contribution in [1.82, 2.24) is 24.8 Å². The lowest BCUT2D eigenvalue weighted by Gasteiger charge is -2.16. The average Bonchev–Trinajstić information content (AvgIpc) is 3.10. The van der Waals surface area contributed by atoms with Gasteiger partial charge in [-0.1, -0.05) is 32.9 Å². The summed E-state index contributed by atoms with van der Waals surface area (Å²) in [5.41, 5.74) is 9.66. The van der Waals surface area contributed by atoms with Crippen molar-refractivity contribution in [2.75, 3.05) is 5.73 Å². The molecule has 0 aliphatic carbocycles. The van der Waals surface area contributed by atoms with Gasteiger partial charge >= 0.3 is 0 Å². The maximum absolute atomic E-state index is 13.1. The number of amides is 1. The van der Waals surface area contributed by atoms with Crippen molar-refractivity contribution < 1.29 is 4.79 Å². The fraction of sp³-hybridized carbons (Fsp3) is 0.286. The molecule has 7 heteroatoms. The highest BCUT2D eigenvalue weighted by molar-refractivity contribution is 5.95. The van der Waals surface area contributed by atoms with E-state index in [1.165, 1.54) is 6.33 Å². The van der Waals surface area contributed by atoms with E-state index in [4.69, 9.17) is 5.73 Å². The molecule has 0 spiro atoms. The normalized spacial score (nSPS) is 13.5. The first-order chi connectivity index (χ1) is 13.3. The van der Waals surface area contributed by atoms with Crippen molar-refractivity contribution in [2.24, 2.45) is 0 Å². The maximum Gasteiger partial charge on any atom is 0.254 e. The van der Waals surface area contributed by atoms with Gasteiger partial charge in [0, 0.05) is 40.9 Å². The molecule has 0 atom stereocenters. The minimum absolute atomic E-state index is 0.0424. The molecular weight excluding hydrogens is 352 g/mol. The molecule has 0 fully saturated rings. The molecular formula is C21H22N6O. The number of nitrogens with zero attached hydrogens (tertiary/aromatic N) is 5. The monoisotopic (exact) mass is 374 g/mol. The Bertz CT molecular complexity index is 1060. The lowest BCUT2D eigenvalue weighted by molar-refractivity contribution is 0.0750. The van der Waals surface area contributed by atoms with Crippen LogP contribution in [0.15, 0.2) is 42.9 Å². The van der Waals surface area contributed by atoms with Gasteiger partial charge in [-0.3, -0.25) is 4.79 Å². The van der Waals surface area contributed by atoms with Crippen molar-refractivity contribution in [3.63, 3.8) is 0 Å². The summed E-state index contributed by atoms with van der Waals surface area (Å²) >= 11 is 0. The molecule has 1 amide bonds. The number of fused-ring (bicyclic) bond motifs is 1. The van der Waals surface area contributed by atoms with Gasteiger partial charge in [-0.05, 0) is 12.1 Å². The number of rotatable bonds is 2. The largest absolute Gasteiger partial charge is 0.384 e. The number of hydrogen-bond acceptors (Lipinski definition) is 6. The molecule has 2 N–H and O–H groups in total. The molecule has 3 heterocycles. The van der Waals surface area contributed by atoms with Gasteiger partial charge in [-0.25, -0.2) is 19.9 Å². The van der Waals surface area contributed by atoms with Crippen LogP contribution in [0.1, 0.15) is 48.2 Å². The minimum Gasteiger partial charge on any atom is -0.384 e. The second-order valence-corrected chi connectivity index (χ2v) is 7.99. The minimum atomic E-state index is -0.125. The zero-order valence-corrected chi connectivity index (χ0v) is 16.2. The topological polar surface area (TPSA) is 97.9 Å². The Kier molecular flexibility index (Phi) is 4.30. The molecule has 28 heavy (non-hydrogen) atoms. The number of nitrogen functional groups attached to an aromatic ring is 1. The van der Waals surface area contributed by atoms with Crippen LogP contribution in [0.4, 0.5) is 5.82 Å². The van der Waals surface area contributed by atoms with Gasteiger partial charge < -0.3 is 10.6 Å². The Hall–Kier alpha value is -3.35. The van der Waals surface area contributed by atoms with E-state index in [1.807, 2.05) is 30.5 Å². The number of benzene rings is 1. The van der Waals surface area contributed by atoms with Gasteiger partial charge in [0.1, 0.15) is 18.0 Å². The summed E-state index contributed by atoms with van der Waals surface area (Å²) in [6, 6.07) is 9.09. The van der Waals surface area contributed by atoms with Crippen molar-refractivity contribution >= 4 is 11.7 Å². The standard InChI is InChI=1S/C21H22N6O/c1-21(2,3)20-23-9-15-10-27(11-17(15)26-20)19(28)14-6-4-5-13(7-14)16-8-18(22)25-12-24-16/h4-9,12H,10-11H2,1-3H3,(H2,22,24,25).